The average molecular weight is 361 g/mol. The van der Waals surface area contributed by atoms with Crippen molar-refractivity contribution in [2.75, 3.05) is 32.7 Å². The minimum atomic E-state index is -0.640. The third kappa shape index (κ3) is 2.73. The molecule has 7 nitrogen and oxygen atoms in total. The smallest absolute Gasteiger partial charge is 0.230 e. The van der Waals surface area contributed by atoms with Crippen LogP contribution in [0.5, 0.6) is 0 Å². The number of hydrogen-bond donors (Lipinski definition) is 1. The predicted molar refractivity (Wildman–Crippen MR) is 94.0 cm³/mol. The number of nitrogens with one attached hydrogen (secondary N) is 1. The van der Waals surface area contributed by atoms with Crippen molar-refractivity contribution in [3.8, 4) is 0 Å². The van der Waals surface area contributed by atoms with Crippen LogP contribution in [0.3, 0.4) is 0 Å². The molecule has 4 aliphatic rings. The van der Waals surface area contributed by atoms with Crippen LogP contribution in [0.25, 0.3) is 0 Å². The van der Waals surface area contributed by atoms with E-state index in [9.17, 15) is 14.4 Å². The fourth-order valence-corrected chi connectivity index (χ4v) is 4.66. The largest absolute Gasteiger partial charge is 0.360 e. The molecule has 142 valence electrons. The van der Waals surface area contributed by atoms with Gasteiger partial charge in [-0.2, -0.15) is 0 Å². The fraction of sp³-hybridized carbons (Fsp3) is 0.737. The highest BCUT2D eigenvalue weighted by molar-refractivity contribution is 5.93. The summed E-state index contributed by atoms with van der Waals surface area (Å²) in [6.07, 6.45) is 4.87. The number of carbonyl (C=O) groups excluding carboxylic acids is 3. The van der Waals surface area contributed by atoms with Crippen LogP contribution in [0.2, 0.25) is 0 Å². The number of likely N-dealkylation sites (tertiary alicyclic amines) is 1. The van der Waals surface area contributed by atoms with E-state index in [2.05, 4.69) is 19.2 Å². The van der Waals surface area contributed by atoms with E-state index < -0.39 is 17.4 Å². The van der Waals surface area contributed by atoms with Crippen molar-refractivity contribution in [1.82, 2.24) is 15.1 Å². The number of fused-ring (bicyclic) bond motifs is 1. The Morgan fingerprint density at radius 2 is 2.19 bits per heavy atom. The lowest BCUT2D eigenvalue weighted by atomic mass is 9.76. The van der Waals surface area contributed by atoms with Gasteiger partial charge >= 0.3 is 0 Å². The Bertz CT molecular complexity index is 661. The zero-order valence-corrected chi connectivity index (χ0v) is 15.4. The molecule has 4 aliphatic heterocycles. The van der Waals surface area contributed by atoms with Gasteiger partial charge in [0, 0.05) is 32.6 Å². The molecule has 3 saturated heterocycles. The summed E-state index contributed by atoms with van der Waals surface area (Å²) in [4.78, 5) is 41.4. The summed E-state index contributed by atoms with van der Waals surface area (Å²) >= 11 is 0. The van der Waals surface area contributed by atoms with Crippen molar-refractivity contribution >= 4 is 17.7 Å². The lowest BCUT2D eigenvalue weighted by molar-refractivity contribution is -0.143. The molecular formula is C19H27N3O4. The second kappa shape index (κ2) is 6.37. The maximum absolute atomic E-state index is 13.2. The summed E-state index contributed by atoms with van der Waals surface area (Å²) in [7, 11) is 0. The maximum Gasteiger partial charge on any atom is 0.230 e. The lowest BCUT2D eigenvalue weighted by Crippen LogP contribution is -2.47. The van der Waals surface area contributed by atoms with Gasteiger partial charge in [-0.1, -0.05) is 26.0 Å². The molecule has 26 heavy (non-hydrogen) atoms. The zero-order chi connectivity index (χ0) is 18.5. The monoisotopic (exact) mass is 361 g/mol. The van der Waals surface area contributed by atoms with E-state index in [0.717, 1.165) is 6.42 Å². The highest BCUT2D eigenvalue weighted by Crippen LogP contribution is 2.52. The molecule has 1 N–H and O–H groups in total. The SMILES string of the molecule is CC(C)CCN1C[C@]23C=C[C@H](O2)[C@@H](C(=O)N2CCNC(=O)CC2)[C@H]3C1=O. The van der Waals surface area contributed by atoms with Gasteiger partial charge in [0.15, 0.2) is 0 Å². The van der Waals surface area contributed by atoms with Crippen LogP contribution in [0, 0.1) is 17.8 Å². The van der Waals surface area contributed by atoms with Gasteiger partial charge in [-0.3, -0.25) is 14.4 Å². The third-order valence-electron chi connectivity index (χ3n) is 6.06. The molecule has 1 spiro atoms. The summed E-state index contributed by atoms with van der Waals surface area (Å²) in [6, 6.07) is 0. The molecule has 0 unspecified atom stereocenters. The maximum atomic E-state index is 13.2. The normalized spacial score (nSPS) is 35.9. The molecule has 0 saturated carbocycles. The first-order valence-corrected chi connectivity index (χ1v) is 9.63. The molecule has 4 atom stereocenters. The number of carbonyl (C=O) groups is 3. The Morgan fingerprint density at radius 3 is 2.96 bits per heavy atom. The van der Waals surface area contributed by atoms with Gasteiger partial charge in [0.05, 0.1) is 24.5 Å². The zero-order valence-electron chi connectivity index (χ0n) is 15.4. The number of nitrogens with zero attached hydrogens (tertiary/aromatic N) is 2. The molecule has 0 aliphatic carbocycles. The van der Waals surface area contributed by atoms with Crippen LogP contribution in [-0.2, 0) is 19.1 Å². The second-order valence-corrected chi connectivity index (χ2v) is 8.27. The molecule has 3 fully saturated rings. The van der Waals surface area contributed by atoms with Gasteiger partial charge in [-0.05, 0) is 12.3 Å². The highest BCUT2D eigenvalue weighted by atomic mass is 16.5. The van der Waals surface area contributed by atoms with Crippen LogP contribution < -0.4 is 5.32 Å². The number of rotatable bonds is 4. The quantitative estimate of drug-likeness (QED) is 0.724. The first-order chi connectivity index (χ1) is 12.4. The Kier molecular flexibility index (Phi) is 4.29. The van der Waals surface area contributed by atoms with Gasteiger partial charge in [0.2, 0.25) is 17.7 Å². The molecule has 4 rings (SSSR count). The van der Waals surface area contributed by atoms with Crippen molar-refractivity contribution in [2.24, 2.45) is 17.8 Å². The number of ether oxygens (including phenoxy) is 1. The molecule has 7 heteroatoms. The van der Waals surface area contributed by atoms with Gasteiger partial charge in [0.25, 0.3) is 0 Å². The van der Waals surface area contributed by atoms with Gasteiger partial charge < -0.3 is 19.9 Å². The average Bonchev–Trinajstić information content (AvgIpc) is 3.17. The third-order valence-corrected chi connectivity index (χ3v) is 6.06. The fourth-order valence-electron chi connectivity index (χ4n) is 4.66. The summed E-state index contributed by atoms with van der Waals surface area (Å²) in [5, 5.41) is 2.79. The van der Waals surface area contributed by atoms with Crippen LogP contribution >= 0.6 is 0 Å². The molecule has 0 aromatic rings. The van der Waals surface area contributed by atoms with E-state index in [1.165, 1.54) is 0 Å². The lowest BCUT2D eigenvalue weighted by Gasteiger charge is -2.29. The highest BCUT2D eigenvalue weighted by Gasteiger charge is 2.67. The van der Waals surface area contributed by atoms with E-state index in [0.29, 0.717) is 45.1 Å². The van der Waals surface area contributed by atoms with Crippen molar-refractivity contribution in [3.05, 3.63) is 12.2 Å². The Labute approximate surface area is 153 Å². The van der Waals surface area contributed by atoms with Gasteiger partial charge in [-0.15, -0.1) is 0 Å². The van der Waals surface area contributed by atoms with Crippen molar-refractivity contribution < 1.29 is 19.1 Å². The molecule has 2 bridgehead atoms. The van der Waals surface area contributed by atoms with E-state index in [4.69, 9.17) is 4.74 Å². The topological polar surface area (TPSA) is 79.0 Å². The predicted octanol–water partition coefficient (Wildman–Crippen LogP) is 0.163. The van der Waals surface area contributed by atoms with Gasteiger partial charge in [-0.25, -0.2) is 0 Å². The van der Waals surface area contributed by atoms with Crippen LogP contribution in [-0.4, -0.2) is 72.0 Å². The second-order valence-electron chi connectivity index (χ2n) is 8.27. The Balaban J connectivity index is 1.53. The summed E-state index contributed by atoms with van der Waals surface area (Å²) in [6.45, 7) is 6.89. The van der Waals surface area contributed by atoms with E-state index in [-0.39, 0.29) is 23.8 Å². The van der Waals surface area contributed by atoms with Crippen LogP contribution in [0.15, 0.2) is 12.2 Å². The molecule has 0 aromatic carbocycles. The molecule has 0 aromatic heterocycles. The minimum absolute atomic E-state index is 0.0299. The van der Waals surface area contributed by atoms with Crippen molar-refractivity contribution in [1.29, 1.82) is 0 Å². The van der Waals surface area contributed by atoms with Crippen LogP contribution in [0.1, 0.15) is 26.7 Å². The Hall–Kier alpha value is -1.89. The molecule has 3 amide bonds. The van der Waals surface area contributed by atoms with Crippen molar-refractivity contribution in [2.45, 2.75) is 38.4 Å². The standard InChI is InChI=1S/C19H27N3O4/c1-12(2)4-8-22-11-19-6-3-13(26-19)15(16(19)18(22)25)17(24)21-9-5-14(23)20-7-10-21/h3,6,12-13,15-16H,4-5,7-11H2,1-2H3,(H,20,23)/t13-,15+,16-,19-/m0/s1. The molecule has 0 radical (unpaired) electrons. The minimum Gasteiger partial charge on any atom is -0.360 e. The number of amides is 3. The molecule has 4 heterocycles. The number of hydrogen-bond acceptors (Lipinski definition) is 4. The Morgan fingerprint density at radius 1 is 1.38 bits per heavy atom. The van der Waals surface area contributed by atoms with E-state index in [1.54, 1.807) is 4.90 Å². The molecular weight excluding hydrogens is 334 g/mol. The summed E-state index contributed by atoms with van der Waals surface area (Å²) in [5.41, 5.74) is -0.640. The summed E-state index contributed by atoms with van der Waals surface area (Å²) < 4.78 is 6.16. The van der Waals surface area contributed by atoms with Crippen LogP contribution in [0.4, 0.5) is 0 Å². The first-order valence-electron chi connectivity index (χ1n) is 9.63. The van der Waals surface area contributed by atoms with E-state index >= 15 is 0 Å². The van der Waals surface area contributed by atoms with Gasteiger partial charge in [0.1, 0.15) is 5.60 Å². The van der Waals surface area contributed by atoms with E-state index in [1.807, 2.05) is 17.1 Å². The van der Waals surface area contributed by atoms with Crippen molar-refractivity contribution in [3.63, 3.8) is 0 Å². The first kappa shape index (κ1) is 17.5. The summed E-state index contributed by atoms with van der Waals surface area (Å²) in [5.74, 6) is -0.416.